The smallest absolute Gasteiger partial charge is 0.270 e. The minimum atomic E-state index is -1.04. The highest BCUT2D eigenvalue weighted by Crippen LogP contribution is 2.43. The predicted octanol–water partition coefficient (Wildman–Crippen LogP) is 4.73. The zero-order valence-electron chi connectivity index (χ0n) is 21.1. The minimum Gasteiger partial charge on any atom is -0.496 e. The number of hydrogen-bond acceptors (Lipinski definition) is 6. The van der Waals surface area contributed by atoms with Gasteiger partial charge in [-0.05, 0) is 37.5 Å². The lowest BCUT2D eigenvalue weighted by Crippen LogP contribution is -2.38. The van der Waals surface area contributed by atoms with Gasteiger partial charge in [-0.1, -0.05) is 25.4 Å². The molecule has 0 aliphatic rings. The molecule has 3 rings (SSSR count). The maximum atomic E-state index is 14.2. The molecular weight excluding hydrogens is 472 g/mol. The molecular formula is C26H31ClN2O6. The van der Waals surface area contributed by atoms with Gasteiger partial charge in [0.15, 0.2) is 0 Å². The molecule has 2 aromatic carbocycles. The van der Waals surface area contributed by atoms with E-state index in [1.165, 1.54) is 28.4 Å². The average molecular weight is 503 g/mol. The van der Waals surface area contributed by atoms with Crippen LogP contribution in [-0.4, -0.2) is 44.8 Å². The second-order valence-corrected chi connectivity index (χ2v) is 8.68. The number of hydrogen-bond donors (Lipinski definition) is 1. The lowest BCUT2D eigenvalue weighted by atomic mass is 9.77. The fourth-order valence-electron chi connectivity index (χ4n) is 4.48. The Morgan fingerprint density at radius 1 is 0.943 bits per heavy atom. The Hall–Kier alpha value is -3.39. The molecule has 188 valence electrons. The van der Waals surface area contributed by atoms with Gasteiger partial charge in [0.2, 0.25) is 5.91 Å². The SMILES string of the molecule is CCc1c(C(C)(CC)C(N)=O)c2cc(OC)c(Cl)cc2n1C(=O)c1c(OC)cc(OC)cc1OC. The summed E-state index contributed by atoms with van der Waals surface area (Å²) in [4.78, 5) is 27.0. The molecule has 2 N–H and O–H groups in total. The zero-order chi connectivity index (χ0) is 26.1. The fraction of sp³-hybridized carbons (Fsp3) is 0.385. The Morgan fingerprint density at radius 3 is 1.94 bits per heavy atom. The Bertz CT molecular complexity index is 1270. The molecule has 0 saturated heterocycles. The number of fused-ring (bicyclic) bond motifs is 1. The van der Waals surface area contributed by atoms with Crippen LogP contribution in [0.1, 0.15) is 48.8 Å². The zero-order valence-corrected chi connectivity index (χ0v) is 21.8. The number of benzene rings is 2. The van der Waals surface area contributed by atoms with E-state index in [1.807, 2.05) is 13.8 Å². The van der Waals surface area contributed by atoms with Crippen LogP contribution in [0.25, 0.3) is 10.9 Å². The third kappa shape index (κ3) is 4.16. The van der Waals surface area contributed by atoms with Crippen LogP contribution in [0, 0.1) is 0 Å². The first-order valence-corrected chi connectivity index (χ1v) is 11.6. The second kappa shape index (κ2) is 10.1. The van der Waals surface area contributed by atoms with Gasteiger partial charge in [-0.3, -0.25) is 14.2 Å². The van der Waals surface area contributed by atoms with Gasteiger partial charge in [0.1, 0.15) is 28.6 Å². The van der Waals surface area contributed by atoms with Crippen molar-refractivity contribution in [2.75, 3.05) is 28.4 Å². The minimum absolute atomic E-state index is 0.207. The van der Waals surface area contributed by atoms with Crippen LogP contribution < -0.4 is 24.7 Å². The van der Waals surface area contributed by atoms with E-state index in [2.05, 4.69) is 0 Å². The molecule has 0 bridgehead atoms. The Morgan fingerprint density at radius 2 is 1.51 bits per heavy atom. The van der Waals surface area contributed by atoms with Gasteiger partial charge >= 0.3 is 0 Å². The van der Waals surface area contributed by atoms with Crippen molar-refractivity contribution in [3.05, 3.63) is 46.1 Å². The van der Waals surface area contributed by atoms with Gasteiger partial charge in [-0.2, -0.15) is 0 Å². The van der Waals surface area contributed by atoms with Crippen molar-refractivity contribution in [2.24, 2.45) is 5.73 Å². The molecule has 0 saturated carbocycles. The summed E-state index contributed by atoms with van der Waals surface area (Å²) in [6, 6.07) is 6.64. The molecule has 1 atom stereocenters. The van der Waals surface area contributed by atoms with Crippen molar-refractivity contribution in [1.29, 1.82) is 0 Å². The molecule has 8 nitrogen and oxygen atoms in total. The average Bonchev–Trinajstić information content (AvgIpc) is 3.19. The second-order valence-electron chi connectivity index (χ2n) is 8.28. The molecule has 1 amide bonds. The van der Waals surface area contributed by atoms with Gasteiger partial charge in [-0.15, -0.1) is 0 Å². The van der Waals surface area contributed by atoms with E-state index in [4.69, 9.17) is 36.3 Å². The highest BCUT2D eigenvalue weighted by Gasteiger charge is 2.39. The predicted molar refractivity (Wildman–Crippen MR) is 136 cm³/mol. The fourth-order valence-corrected chi connectivity index (χ4v) is 4.72. The first-order valence-electron chi connectivity index (χ1n) is 11.2. The molecule has 1 unspecified atom stereocenters. The maximum Gasteiger partial charge on any atom is 0.270 e. The summed E-state index contributed by atoms with van der Waals surface area (Å²) in [6.45, 7) is 5.59. The van der Waals surface area contributed by atoms with Gasteiger partial charge in [0, 0.05) is 23.2 Å². The van der Waals surface area contributed by atoms with Gasteiger partial charge in [-0.25, -0.2) is 0 Å². The van der Waals surface area contributed by atoms with E-state index in [9.17, 15) is 9.59 Å². The van der Waals surface area contributed by atoms with Crippen LogP contribution in [0.15, 0.2) is 24.3 Å². The number of aromatic nitrogens is 1. The van der Waals surface area contributed by atoms with E-state index < -0.39 is 17.2 Å². The highest BCUT2D eigenvalue weighted by atomic mass is 35.5. The first-order chi connectivity index (χ1) is 16.6. The molecule has 3 aromatic rings. The van der Waals surface area contributed by atoms with Crippen molar-refractivity contribution < 1.29 is 28.5 Å². The summed E-state index contributed by atoms with van der Waals surface area (Å²) in [6.07, 6.45) is 0.877. The summed E-state index contributed by atoms with van der Waals surface area (Å²) in [7, 11) is 5.96. The standard InChI is InChI=1S/C26H31ClN2O6/c1-8-17-23(26(3,9-2)25(28)31)15-12-19(33-5)16(27)13-18(15)29(17)24(30)22-20(34-6)10-14(32-4)11-21(22)35-7/h10-13H,8-9H2,1-7H3,(H2,28,31). The normalized spacial score (nSPS) is 12.8. The van der Waals surface area contributed by atoms with Gasteiger partial charge in [0.05, 0.1) is 44.4 Å². The highest BCUT2D eigenvalue weighted by molar-refractivity contribution is 6.33. The summed E-state index contributed by atoms with van der Waals surface area (Å²) in [5.41, 5.74) is 6.90. The summed E-state index contributed by atoms with van der Waals surface area (Å²) < 4.78 is 23.4. The topological polar surface area (TPSA) is 102 Å². The number of nitrogens with zero attached hydrogens (tertiary/aromatic N) is 1. The van der Waals surface area contributed by atoms with Gasteiger partial charge in [0.25, 0.3) is 5.91 Å². The molecule has 0 fully saturated rings. The molecule has 0 aliphatic heterocycles. The number of halogens is 1. The third-order valence-corrected chi connectivity index (χ3v) is 6.90. The number of carbonyl (C=O) groups is 2. The Balaban J connectivity index is 2.51. The van der Waals surface area contributed by atoms with Crippen molar-refractivity contribution >= 4 is 34.3 Å². The van der Waals surface area contributed by atoms with E-state index >= 15 is 0 Å². The molecule has 1 aromatic heterocycles. The number of rotatable bonds is 9. The number of nitrogens with two attached hydrogens (primary N) is 1. The van der Waals surface area contributed by atoms with Crippen LogP contribution in [0.3, 0.4) is 0 Å². The lowest BCUT2D eigenvalue weighted by Gasteiger charge is -2.26. The molecule has 0 aliphatic carbocycles. The molecule has 35 heavy (non-hydrogen) atoms. The summed E-state index contributed by atoms with van der Waals surface area (Å²) >= 11 is 6.49. The van der Waals surface area contributed by atoms with Crippen LogP contribution in [0.2, 0.25) is 5.02 Å². The number of ether oxygens (including phenoxy) is 4. The van der Waals surface area contributed by atoms with Crippen LogP contribution >= 0.6 is 11.6 Å². The van der Waals surface area contributed by atoms with Crippen LogP contribution in [0.5, 0.6) is 23.0 Å². The molecule has 9 heteroatoms. The van der Waals surface area contributed by atoms with Crippen LogP contribution in [-0.2, 0) is 16.6 Å². The molecule has 1 heterocycles. The monoisotopic (exact) mass is 502 g/mol. The molecule has 0 radical (unpaired) electrons. The van der Waals surface area contributed by atoms with E-state index in [0.717, 1.165) is 0 Å². The van der Waals surface area contributed by atoms with Gasteiger partial charge < -0.3 is 24.7 Å². The third-order valence-electron chi connectivity index (χ3n) is 6.61. The van der Waals surface area contributed by atoms with E-state index in [0.29, 0.717) is 51.5 Å². The number of methoxy groups -OCH3 is 4. The largest absolute Gasteiger partial charge is 0.496 e. The van der Waals surface area contributed by atoms with Crippen molar-refractivity contribution in [3.8, 4) is 23.0 Å². The number of amides is 1. The Kier molecular flexibility index (Phi) is 7.55. The molecule has 0 spiro atoms. The number of carbonyl (C=O) groups excluding carboxylic acids is 2. The van der Waals surface area contributed by atoms with Crippen molar-refractivity contribution in [2.45, 2.75) is 39.0 Å². The van der Waals surface area contributed by atoms with E-state index in [-0.39, 0.29) is 17.1 Å². The van der Waals surface area contributed by atoms with Crippen molar-refractivity contribution in [1.82, 2.24) is 4.57 Å². The van der Waals surface area contributed by atoms with Crippen LogP contribution in [0.4, 0.5) is 0 Å². The lowest BCUT2D eigenvalue weighted by molar-refractivity contribution is -0.123. The Labute approximate surface area is 209 Å². The summed E-state index contributed by atoms with van der Waals surface area (Å²) in [5, 5.41) is 0.984. The maximum absolute atomic E-state index is 14.2. The first kappa shape index (κ1) is 26.2. The number of primary amides is 1. The van der Waals surface area contributed by atoms with E-state index in [1.54, 1.807) is 35.8 Å². The van der Waals surface area contributed by atoms with Crippen molar-refractivity contribution in [3.63, 3.8) is 0 Å². The quantitative estimate of drug-likeness (QED) is 0.453. The summed E-state index contributed by atoms with van der Waals surface area (Å²) in [5.74, 6) is 0.571.